The molecule has 0 saturated heterocycles. The second kappa shape index (κ2) is 5.79. The molecule has 0 saturated carbocycles. The second-order valence-electron chi connectivity index (χ2n) is 3.77. The summed E-state index contributed by atoms with van der Waals surface area (Å²) in [5, 5.41) is 4.12. The first-order chi connectivity index (χ1) is 8.06. The first-order valence-corrected chi connectivity index (χ1v) is 5.28. The Morgan fingerprint density at radius 2 is 1.88 bits per heavy atom. The van der Waals surface area contributed by atoms with Gasteiger partial charge in [-0.3, -0.25) is 9.48 Å². The molecule has 1 aromatic heterocycles. The summed E-state index contributed by atoms with van der Waals surface area (Å²) in [6, 6.07) is 0.0483. The topological polar surface area (TPSA) is 62.6 Å². The molecule has 0 spiro atoms. The van der Waals surface area contributed by atoms with Gasteiger partial charge in [-0.05, 0) is 13.8 Å². The van der Waals surface area contributed by atoms with E-state index in [0.29, 0.717) is 11.4 Å². The molecule has 6 nitrogen and oxygen atoms in total. The molecule has 0 aliphatic rings. The molecular weight excluding hydrogens is 224 g/mol. The number of rotatable bonds is 6. The highest BCUT2D eigenvalue weighted by Gasteiger charge is 2.28. The molecule has 0 aliphatic heterocycles. The number of carbonyl (C=O) groups excluding carboxylic acids is 1. The zero-order valence-corrected chi connectivity index (χ0v) is 10.8. The zero-order chi connectivity index (χ0) is 13.0. The van der Waals surface area contributed by atoms with Crippen molar-refractivity contribution in [3.8, 4) is 5.75 Å². The fourth-order valence-electron chi connectivity index (χ4n) is 1.54. The number of ketones is 1. The average Bonchev–Trinajstić information content (AvgIpc) is 2.73. The van der Waals surface area contributed by atoms with Crippen molar-refractivity contribution in [2.45, 2.75) is 26.2 Å². The first kappa shape index (κ1) is 13.7. The van der Waals surface area contributed by atoms with Crippen LogP contribution in [0.3, 0.4) is 0 Å². The molecule has 1 rings (SSSR count). The SMILES string of the molecule is COc1cnn(C(C)C)c1C(=O)C(OC)OC. The average molecular weight is 242 g/mol. The number of nitrogens with zero attached hydrogens (tertiary/aromatic N) is 2. The van der Waals surface area contributed by atoms with E-state index in [0.717, 1.165) is 0 Å². The maximum Gasteiger partial charge on any atom is 0.240 e. The molecule has 0 N–H and O–H groups in total. The van der Waals surface area contributed by atoms with E-state index in [4.69, 9.17) is 14.2 Å². The number of methoxy groups -OCH3 is 3. The highest BCUT2D eigenvalue weighted by Crippen LogP contribution is 2.23. The van der Waals surface area contributed by atoms with Crippen LogP contribution in [0.15, 0.2) is 6.20 Å². The predicted molar refractivity (Wildman–Crippen MR) is 61.3 cm³/mol. The number of ether oxygens (including phenoxy) is 3. The Kier molecular flexibility index (Phi) is 4.65. The molecule has 0 atom stereocenters. The minimum Gasteiger partial charge on any atom is -0.493 e. The van der Waals surface area contributed by atoms with Gasteiger partial charge in [0.25, 0.3) is 0 Å². The Hall–Kier alpha value is -1.40. The van der Waals surface area contributed by atoms with Crippen LogP contribution in [0.25, 0.3) is 0 Å². The van der Waals surface area contributed by atoms with Crippen LogP contribution in [-0.4, -0.2) is 43.2 Å². The standard InChI is InChI=1S/C11H18N2O4/c1-7(2)13-9(8(15-3)6-12-13)10(14)11(16-4)17-5/h6-7,11H,1-5H3. The normalized spacial score (nSPS) is 11.2. The monoisotopic (exact) mass is 242 g/mol. The van der Waals surface area contributed by atoms with Crippen molar-refractivity contribution in [2.24, 2.45) is 0 Å². The molecule has 0 aromatic carbocycles. The lowest BCUT2D eigenvalue weighted by atomic mass is 10.2. The Balaban J connectivity index is 3.17. The van der Waals surface area contributed by atoms with Crippen molar-refractivity contribution in [2.75, 3.05) is 21.3 Å². The van der Waals surface area contributed by atoms with Crippen LogP contribution in [0.5, 0.6) is 5.75 Å². The molecule has 0 fully saturated rings. The predicted octanol–water partition coefficient (Wildman–Crippen LogP) is 1.27. The summed E-state index contributed by atoms with van der Waals surface area (Å²) >= 11 is 0. The van der Waals surface area contributed by atoms with E-state index in [1.807, 2.05) is 13.8 Å². The number of hydrogen-bond acceptors (Lipinski definition) is 5. The van der Waals surface area contributed by atoms with Crippen molar-refractivity contribution >= 4 is 5.78 Å². The summed E-state index contributed by atoms with van der Waals surface area (Å²) < 4.78 is 16.6. The van der Waals surface area contributed by atoms with Crippen LogP contribution in [0, 0.1) is 0 Å². The molecule has 0 bridgehead atoms. The molecule has 0 radical (unpaired) electrons. The minimum atomic E-state index is -0.946. The number of carbonyl (C=O) groups is 1. The van der Waals surface area contributed by atoms with Gasteiger partial charge in [-0.1, -0.05) is 0 Å². The summed E-state index contributed by atoms with van der Waals surface area (Å²) in [6.45, 7) is 3.86. The van der Waals surface area contributed by atoms with E-state index in [1.54, 1.807) is 4.68 Å². The van der Waals surface area contributed by atoms with E-state index < -0.39 is 6.29 Å². The molecule has 0 unspecified atom stereocenters. The largest absolute Gasteiger partial charge is 0.493 e. The fourth-order valence-corrected chi connectivity index (χ4v) is 1.54. The zero-order valence-electron chi connectivity index (χ0n) is 10.8. The maximum absolute atomic E-state index is 12.2. The highest BCUT2D eigenvalue weighted by atomic mass is 16.7. The third-order valence-corrected chi connectivity index (χ3v) is 2.35. The summed E-state index contributed by atoms with van der Waals surface area (Å²) in [6.07, 6.45) is 0.563. The van der Waals surface area contributed by atoms with E-state index in [1.165, 1.54) is 27.5 Å². The van der Waals surface area contributed by atoms with Crippen LogP contribution in [0.1, 0.15) is 30.4 Å². The lowest BCUT2D eigenvalue weighted by Crippen LogP contribution is -2.28. The van der Waals surface area contributed by atoms with Crippen LogP contribution in [-0.2, 0) is 9.47 Å². The molecular formula is C11H18N2O4. The Morgan fingerprint density at radius 1 is 1.29 bits per heavy atom. The first-order valence-electron chi connectivity index (χ1n) is 5.28. The molecule has 1 aromatic rings. The van der Waals surface area contributed by atoms with Gasteiger partial charge in [-0.25, -0.2) is 0 Å². The van der Waals surface area contributed by atoms with Crippen molar-refractivity contribution in [3.63, 3.8) is 0 Å². The maximum atomic E-state index is 12.2. The van der Waals surface area contributed by atoms with Gasteiger partial charge in [0, 0.05) is 20.3 Å². The number of Topliss-reactive ketones (excluding diaryl/α,β-unsaturated/α-hetero) is 1. The van der Waals surface area contributed by atoms with Gasteiger partial charge in [-0.15, -0.1) is 0 Å². The van der Waals surface area contributed by atoms with E-state index in [-0.39, 0.29) is 11.8 Å². The third kappa shape index (κ3) is 2.65. The van der Waals surface area contributed by atoms with Gasteiger partial charge in [0.05, 0.1) is 13.3 Å². The van der Waals surface area contributed by atoms with Gasteiger partial charge in [0.2, 0.25) is 12.1 Å². The highest BCUT2D eigenvalue weighted by molar-refractivity contribution is 5.99. The van der Waals surface area contributed by atoms with E-state index in [2.05, 4.69) is 5.10 Å². The van der Waals surface area contributed by atoms with E-state index in [9.17, 15) is 4.79 Å². The molecule has 6 heteroatoms. The molecule has 1 heterocycles. The smallest absolute Gasteiger partial charge is 0.240 e. The van der Waals surface area contributed by atoms with Crippen molar-refractivity contribution in [1.82, 2.24) is 9.78 Å². The number of aromatic nitrogens is 2. The fraction of sp³-hybridized carbons (Fsp3) is 0.636. The van der Waals surface area contributed by atoms with Crippen molar-refractivity contribution in [3.05, 3.63) is 11.9 Å². The molecule has 0 amide bonds. The summed E-state index contributed by atoms with van der Waals surface area (Å²) in [5.41, 5.74) is 0.358. The number of hydrogen-bond donors (Lipinski definition) is 0. The van der Waals surface area contributed by atoms with Gasteiger partial charge < -0.3 is 14.2 Å². The minimum absolute atomic E-state index is 0.0483. The third-order valence-electron chi connectivity index (χ3n) is 2.35. The van der Waals surface area contributed by atoms with Crippen LogP contribution < -0.4 is 4.74 Å². The Morgan fingerprint density at radius 3 is 2.29 bits per heavy atom. The second-order valence-corrected chi connectivity index (χ2v) is 3.77. The summed E-state index contributed by atoms with van der Waals surface area (Å²) in [7, 11) is 4.32. The quantitative estimate of drug-likeness (QED) is 0.555. The molecule has 96 valence electrons. The van der Waals surface area contributed by atoms with Crippen LogP contribution in [0.2, 0.25) is 0 Å². The van der Waals surface area contributed by atoms with Crippen LogP contribution >= 0.6 is 0 Å². The van der Waals surface area contributed by atoms with Crippen molar-refractivity contribution < 1.29 is 19.0 Å². The van der Waals surface area contributed by atoms with Gasteiger partial charge >= 0.3 is 0 Å². The molecule has 0 aliphatic carbocycles. The lowest BCUT2D eigenvalue weighted by molar-refractivity contribution is -0.0748. The Bertz CT molecular complexity index is 383. The van der Waals surface area contributed by atoms with Gasteiger partial charge in [-0.2, -0.15) is 5.10 Å². The van der Waals surface area contributed by atoms with Gasteiger partial charge in [0.1, 0.15) is 0 Å². The summed E-state index contributed by atoms with van der Waals surface area (Å²) in [4.78, 5) is 12.2. The van der Waals surface area contributed by atoms with Crippen LogP contribution in [0.4, 0.5) is 0 Å². The molecule has 17 heavy (non-hydrogen) atoms. The Labute approximate surface area is 100 Å². The van der Waals surface area contributed by atoms with E-state index >= 15 is 0 Å². The van der Waals surface area contributed by atoms with Crippen molar-refractivity contribution in [1.29, 1.82) is 0 Å². The van der Waals surface area contributed by atoms with Gasteiger partial charge in [0.15, 0.2) is 11.4 Å². The summed E-state index contributed by atoms with van der Waals surface area (Å²) in [5.74, 6) is 0.112. The lowest BCUT2D eigenvalue weighted by Gasteiger charge is -2.15.